The van der Waals surface area contributed by atoms with Crippen molar-refractivity contribution in [3.63, 3.8) is 0 Å². The molecule has 0 radical (unpaired) electrons. The van der Waals surface area contributed by atoms with Crippen molar-refractivity contribution in [1.29, 1.82) is 0 Å². The van der Waals surface area contributed by atoms with Crippen LogP contribution in [0.4, 0.5) is 0 Å². The molecule has 1 unspecified atom stereocenters. The SMILES string of the molecule is C/C1=C/CC/C(C)=C\C(O)c2cc(O)c(cc2O)C/C(C)=C\CC1. The zero-order valence-electron chi connectivity index (χ0n) is 14.8. The minimum atomic E-state index is -0.917. The van der Waals surface area contributed by atoms with E-state index in [9.17, 15) is 15.3 Å². The molecule has 3 heteroatoms. The number of allylic oxidation sites excluding steroid dienone is 5. The highest BCUT2D eigenvalue weighted by Crippen LogP contribution is 2.34. The molecule has 0 amide bonds. The van der Waals surface area contributed by atoms with E-state index in [-0.39, 0.29) is 11.5 Å². The third-order valence-electron chi connectivity index (χ3n) is 4.52. The average Bonchev–Trinajstić information content (AvgIpc) is 2.49. The second kappa shape index (κ2) is 8.20. The van der Waals surface area contributed by atoms with Crippen LogP contribution < -0.4 is 0 Å². The number of fused-ring (bicyclic) bond motifs is 10. The summed E-state index contributed by atoms with van der Waals surface area (Å²) < 4.78 is 0. The molecule has 3 nitrogen and oxygen atoms in total. The number of hydrogen-bond donors (Lipinski definition) is 3. The molecule has 0 aliphatic heterocycles. The van der Waals surface area contributed by atoms with Crippen molar-refractivity contribution in [3.05, 3.63) is 58.2 Å². The average molecular weight is 328 g/mol. The molecule has 0 saturated carbocycles. The van der Waals surface area contributed by atoms with Gasteiger partial charge in [-0.2, -0.15) is 0 Å². The highest BCUT2D eigenvalue weighted by atomic mass is 16.3. The molecule has 130 valence electrons. The fourth-order valence-corrected chi connectivity index (χ4v) is 3.02. The summed E-state index contributed by atoms with van der Waals surface area (Å²) in [4.78, 5) is 0. The van der Waals surface area contributed by atoms with Gasteiger partial charge in [-0.15, -0.1) is 0 Å². The normalized spacial score (nSPS) is 26.8. The van der Waals surface area contributed by atoms with Gasteiger partial charge in [0, 0.05) is 11.1 Å². The largest absolute Gasteiger partial charge is 0.508 e. The summed E-state index contributed by atoms with van der Waals surface area (Å²) in [6, 6.07) is 3.04. The van der Waals surface area contributed by atoms with Crippen LogP contribution in [0.1, 0.15) is 63.7 Å². The predicted molar refractivity (Wildman–Crippen MR) is 98.2 cm³/mol. The van der Waals surface area contributed by atoms with Crippen LogP contribution in [0.15, 0.2) is 47.1 Å². The third kappa shape index (κ3) is 5.00. The van der Waals surface area contributed by atoms with E-state index in [0.717, 1.165) is 36.8 Å². The van der Waals surface area contributed by atoms with E-state index in [0.29, 0.717) is 17.5 Å². The van der Waals surface area contributed by atoms with Crippen molar-refractivity contribution < 1.29 is 15.3 Å². The Bertz CT molecular complexity index is 681. The van der Waals surface area contributed by atoms with E-state index in [1.807, 2.05) is 13.8 Å². The Hall–Kier alpha value is -2.00. The van der Waals surface area contributed by atoms with E-state index >= 15 is 0 Å². The van der Waals surface area contributed by atoms with Crippen molar-refractivity contribution in [3.8, 4) is 11.5 Å². The van der Waals surface area contributed by atoms with Crippen LogP contribution in [0.5, 0.6) is 11.5 Å². The molecule has 3 N–H and O–H groups in total. The maximum absolute atomic E-state index is 10.4. The van der Waals surface area contributed by atoms with Gasteiger partial charge in [0.2, 0.25) is 0 Å². The van der Waals surface area contributed by atoms with Gasteiger partial charge in [0.25, 0.3) is 0 Å². The smallest absolute Gasteiger partial charge is 0.122 e. The van der Waals surface area contributed by atoms with Crippen LogP contribution in [0.3, 0.4) is 0 Å². The lowest BCUT2D eigenvalue weighted by atomic mass is 9.97. The number of aliphatic hydroxyl groups is 1. The molecule has 2 aliphatic carbocycles. The molecule has 1 aromatic rings. The van der Waals surface area contributed by atoms with Gasteiger partial charge in [0.15, 0.2) is 0 Å². The summed E-state index contributed by atoms with van der Waals surface area (Å²) in [5.41, 5.74) is 4.63. The number of rotatable bonds is 0. The molecule has 1 atom stereocenters. The highest BCUT2D eigenvalue weighted by molar-refractivity contribution is 5.48. The van der Waals surface area contributed by atoms with Gasteiger partial charge in [-0.25, -0.2) is 0 Å². The van der Waals surface area contributed by atoms with Gasteiger partial charge in [0.05, 0.1) is 0 Å². The number of phenols is 2. The number of aliphatic hydroxyl groups excluding tert-OH is 1. The number of phenolic OH excluding ortho intramolecular Hbond substituents is 2. The van der Waals surface area contributed by atoms with Crippen molar-refractivity contribution in [2.24, 2.45) is 0 Å². The fourth-order valence-electron chi connectivity index (χ4n) is 3.02. The molecule has 2 bridgehead atoms. The first-order valence-corrected chi connectivity index (χ1v) is 8.58. The topological polar surface area (TPSA) is 60.7 Å². The summed E-state index contributed by atoms with van der Waals surface area (Å²) >= 11 is 0. The van der Waals surface area contributed by atoms with Crippen LogP contribution in [0, 0.1) is 0 Å². The lowest BCUT2D eigenvalue weighted by molar-refractivity contribution is 0.222. The molecule has 2 aliphatic rings. The van der Waals surface area contributed by atoms with Crippen LogP contribution >= 0.6 is 0 Å². The van der Waals surface area contributed by atoms with Crippen molar-refractivity contribution in [2.75, 3.05) is 0 Å². The molecule has 1 aromatic carbocycles. The van der Waals surface area contributed by atoms with E-state index in [4.69, 9.17) is 0 Å². The molecule has 3 rings (SSSR count). The third-order valence-corrected chi connectivity index (χ3v) is 4.52. The van der Waals surface area contributed by atoms with E-state index in [2.05, 4.69) is 19.1 Å². The lowest BCUT2D eigenvalue weighted by Crippen LogP contribution is -1.98. The Kier molecular flexibility index (Phi) is 6.27. The number of hydrogen-bond acceptors (Lipinski definition) is 3. The minimum absolute atomic E-state index is 0.0231. The van der Waals surface area contributed by atoms with Crippen molar-refractivity contribution in [1.82, 2.24) is 0 Å². The fraction of sp³-hybridized carbons (Fsp3) is 0.429. The molecular formula is C21H28O3. The molecule has 0 aromatic heterocycles. The second-order valence-electron chi connectivity index (χ2n) is 6.85. The van der Waals surface area contributed by atoms with Crippen molar-refractivity contribution >= 4 is 0 Å². The molecular weight excluding hydrogens is 300 g/mol. The van der Waals surface area contributed by atoms with Crippen LogP contribution in [0.2, 0.25) is 0 Å². The molecule has 0 saturated heterocycles. The molecule has 0 spiro atoms. The molecule has 0 heterocycles. The maximum atomic E-state index is 10.4. The van der Waals surface area contributed by atoms with Gasteiger partial charge in [-0.1, -0.05) is 34.9 Å². The monoisotopic (exact) mass is 328 g/mol. The summed E-state index contributed by atoms with van der Waals surface area (Å²) in [6.07, 6.45) is 9.68. The molecule has 24 heavy (non-hydrogen) atoms. The van der Waals surface area contributed by atoms with Gasteiger partial charge in [-0.05, 0) is 65.0 Å². The predicted octanol–water partition coefficient (Wildman–Crippen LogP) is 5.09. The summed E-state index contributed by atoms with van der Waals surface area (Å²) in [5.74, 6) is 0.138. The Morgan fingerprint density at radius 2 is 1.46 bits per heavy atom. The van der Waals surface area contributed by atoms with Crippen LogP contribution in [-0.2, 0) is 6.42 Å². The quantitative estimate of drug-likeness (QED) is 0.459. The number of aromatic hydroxyl groups is 2. The summed E-state index contributed by atoms with van der Waals surface area (Å²) in [7, 11) is 0. The summed E-state index contributed by atoms with van der Waals surface area (Å²) in [6.45, 7) is 6.17. The first-order chi connectivity index (χ1) is 11.4. The van der Waals surface area contributed by atoms with E-state index < -0.39 is 6.10 Å². The number of benzene rings is 1. The second-order valence-corrected chi connectivity index (χ2v) is 6.85. The van der Waals surface area contributed by atoms with Crippen LogP contribution in [0.25, 0.3) is 0 Å². The zero-order valence-corrected chi connectivity index (χ0v) is 14.8. The van der Waals surface area contributed by atoms with Crippen LogP contribution in [-0.4, -0.2) is 15.3 Å². The Labute approximate surface area is 144 Å². The zero-order chi connectivity index (χ0) is 17.7. The summed E-state index contributed by atoms with van der Waals surface area (Å²) in [5, 5.41) is 30.8. The first-order valence-electron chi connectivity index (χ1n) is 8.58. The first kappa shape index (κ1) is 18.3. The maximum Gasteiger partial charge on any atom is 0.122 e. The Balaban J connectivity index is 2.40. The Morgan fingerprint density at radius 3 is 2.17 bits per heavy atom. The standard InChI is InChI=1S/C21H28O3/c1-14-6-4-8-15(2)10-17-12-21(24)18(13-19(17)22)20(23)11-16(3)9-5-7-14/h7-8,11-13,20,22-24H,4-6,9-10H2,1-3H3/b14-7-,15-8-,16-11-. The molecule has 0 fully saturated rings. The minimum Gasteiger partial charge on any atom is -0.508 e. The van der Waals surface area contributed by atoms with Gasteiger partial charge >= 0.3 is 0 Å². The Morgan fingerprint density at radius 1 is 0.833 bits per heavy atom. The van der Waals surface area contributed by atoms with E-state index in [1.54, 1.807) is 12.1 Å². The van der Waals surface area contributed by atoms with Crippen molar-refractivity contribution in [2.45, 2.75) is 59.0 Å². The van der Waals surface area contributed by atoms with Gasteiger partial charge in [0.1, 0.15) is 17.6 Å². The highest BCUT2D eigenvalue weighted by Gasteiger charge is 2.15. The lowest BCUT2D eigenvalue weighted by Gasteiger charge is -2.14. The van der Waals surface area contributed by atoms with Gasteiger partial charge in [-0.3, -0.25) is 0 Å². The van der Waals surface area contributed by atoms with Gasteiger partial charge < -0.3 is 15.3 Å². The van der Waals surface area contributed by atoms with E-state index in [1.165, 1.54) is 11.6 Å².